The van der Waals surface area contributed by atoms with Gasteiger partial charge in [0.15, 0.2) is 11.5 Å². The zero-order valence-electron chi connectivity index (χ0n) is 20.9. The Morgan fingerprint density at radius 1 is 0.972 bits per heavy atom. The van der Waals surface area contributed by atoms with Crippen molar-refractivity contribution in [2.75, 3.05) is 26.6 Å². The van der Waals surface area contributed by atoms with E-state index in [0.29, 0.717) is 34.4 Å². The van der Waals surface area contributed by atoms with Crippen LogP contribution in [0.25, 0.3) is 21.3 Å². The zero-order chi connectivity index (χ0) is 26.1. The van der Waals surface area contributed by atoms with Crippen LogP contribution in [0.1, 0.15) is 20.8 Å². The van der Waals surface area contributed by atoms with Crippen LogP contribution in [0.15, 0.2) is 52.9 Å². The van der Waals surface area contributed by atoms with Crippen LogP contribution in [0.3, 0.4) is 0 Å². The number of ether oxygens (including phenoxy) is 3. The van der Waals surface area contributed by atoms with E-state index >= 15 is 0 Å². The fraction of sp³-hybridized carbons (Fsp3) is 0.280. The molecule has 2 heterocycles. The minimum absolute atomic E-state index is 0.194. The van der Waals surface area contributed by atoms with Gasteiger partial charge in [0, 0.05) is 34.3 Å². The molecule has 0 radical (unpaired) electrons. The standard InChI is InChI=1S/C25H28N4O5S2/c1-25(2,3)29-36(30,31)17-9-7-8-15(10-17)18-14-35-21-13-26-24(28-22(18)21)27-16-11-19(32-4)23(34-6)20(12-16)33-5/h7-14,29H,1-6H3,(H,26,27,28). The second-order valence-electron chi connectivity index (χ2n) is 8.98. The highest BCUT2D eigenvalue weighted by Crippen LogP contribution is 2.41. The summed E-state index contributed by atoms with van der Waals surface area (Å²) in [5.41, 5.74) is 2.34. The molecule has 0 atom stereocenters. The highest BCUT2D eigenvalue weighted by atomic mass is 32.2. The average molecular weight is 529 g/mol. The van der Waals surface area contributed by atoms with Crippen molar-refractivity contribution in [1.29, 1.82) is 0 Å². The van der Waals surface area contributed by atoms with Crippen LogP contribution in [-0.4, -0.2) is 45.3 Å². The first kappa shape index (κ1) is 25.7. The Morgan fingerprint density at radius 3 is 2.28 bits per heavy atom. The third kappa shape index (κ3) is 5.38. The SMILES string of the molecule is COc1cc(Nc2ncc3scc(-c4cccc(S(=O)(=O)NC(C)(C)C)c4)c3n2)cc(OC)c1OC. The van der Waals surface area contributed by atoms with E-state index in [4.69, 9.17) is 19.2 Å². The molecule has 2 aromatic carbocycles. The summed E-state index contributed by atoms with van der Waals surface area (Å²) in [5.74, 6) is 1.85. The first-order valence-corrected chi connectivity index (χ1v) is 13.4. The van der Waals surface area contributed by atoms with Crippen molar-refractivity contribution in [3.05, 3.63) is 48.0 Å². The molecule has 0 saturated carbocycles. The maximum atomic E-state index is 12.9. The molecule has 0 fully saturated rings. The van der Waals surface area contributed by atoms with Gasteiger partial charge in [-0.15, -0.1) is 11.3 Å². The van der Waals surface area contributed by atoms with Crippen LogP contribution >= 0.6 is 11.3 Å². The molecular weight excluding hydrogens is 500 g/mol. The summed E-state index contributed by atoms with van der Waals surface area (Å²) in [6.45, 7) is 5.42. The second-order valence-corrected chi connectivity index (χ2v) is 11.6. The topological polar surface area (TPSA) is 112 Å². The Kier molecular flexibility index (Phi) is 7.07. The number of nitrogens with zero attached hydrogens (tertiary/aromatic N) is 2. The van der Waals surface area contributed by atoms with Gasteiger partial charge in [0.25, 0.3) is 0 Å². The van der Waals surface area contributed by atoms with E-state index in [-0.39, 0.29) is 4.90 Å². The predicted octanol–water partition coefficient (Wildman–Crippen LogP) is 5.20. The number of anilines is 2. The van der Waals surface area contributed by atoms with Gasteiger partial charge in [-0.25, -0.2) is 23.1 Å². The molecule has 0 aliphatic carbocycles. The van der Waals surface area contributed by atoms with Crippen molar-refractivity contribution in [1.82, 2.24) is 14.7 Å². The third-order valence-corrected chi connectivity index (χ3v) is 7.79. The highest BCUT2D eigenvalue weighted by Gasteiger charge is 2.23. The first-order valence-electron chi connectivity index (χ1n) is 11.0. The van der Waals surface area contributed by atoms with Gasteiger partial charge in [-0.1, -0.05) is 12.1 Å². The van der Waals surface area contributed by atoms with Gasteiger partial charge in [0.1, 0.15) is 0 Å². The van der Waals surface area contributed by atoms with E-state index in [9.17, 15) is 8.42 Å². The van der Waals surface area contributed by atoms with Crippen LogP contribution in [0.4, 0.5) is 11.6 Å². The number of benzene rings is 2. The molecule has 190 valence electrons. The summed E-state index contributed by atoms with van der Waals surface area (Å²) in [6.07, 6.45) is 1.73. The van der Waals surface area contributed by atoms with Gasteiger partial charge < -0.3 is 19.5 Å². The molecule has 36 heavy (non-hydrogen) atoms. The van der Waals surface area contributed by atoms with E-state index in [1.165, 1.54) is 11.3 Å². The lowest BCUT2D eigenvalue weighted by Crippen LogP contribution is -2.40. The molecule has 9 nitrogen and oxygen atoms in total. The minimum atomic E-state index is -3.68. The van der Waals surface area contributed by atoms with E-state index in [1.54, 1.807) is 78.6 Å². The predicted molar refractivity (Wildman–Crippen MR) is 142 cm³/mol. The largest absolute Gasteiger partial charge is 0.493 e. The number of nitrogens with one attached hydrogen (secondary N) is 2. The smallest absolute Gasteiger partial charge is 0.241 e. The van der Waals surface area contributed by atoms with Crippen molar-refractivity contribution in [2.45, 2.75) is 31.2 Å². The van der Waals surface area contributed by atoms with Gasteiger partial charge in [-0.3, -0.25) is 0 Å². The molecule has 2 aromatic heterocycles. The lowest BCUT2D eigenvalue weighted by atomic mass is 10.1. The Bertz CT molecular complexity index is 1490. The van der Waals surface area contributed by atoms with Gasteiger partial charge in [0.05, 0.1) is 42.6 Å². The molecule has 0 aliphatic heterocycles. The second kappa shape index (κ2) is 9.92. The van der Waals surface area contributed by atoms with Crippen LogP contribution in [0.5, 0.6) is 17.2 Å². The van der Waals surface area contributed by atoms with E-state index in [0.717, 1.165) is 15.8 Å². The first-order chi connectivity index (χ1) is 17.0. The Morgan fingerprint density at radius 2 is 1.67 bits per heavy atom. The van der Waals surface area contributed by atoms with Crippen LogP contribution in [0.2, 0.25) is 0 Å². The Balaban J connectivity index is 1.71. The lowest BCUT2D eigenvalue weighted by Gasteiger charge is -2.20. The van der Waals surface area contributed by atoms with E-state index in [1.807, 2.05) is 11.4 Å². The lowest BCUT2D eigenvalue weighted by molar-refractivity contribution is 0.324. The molecule has 4 rings (SSSR count). The molecule has 0 amide bonds. The summed E-state index contributed by atoms with van der Waals surface area (Å²) in [7, 11) is 0.962. The maximum Gasteiger partial charge on any atom is 0.241 e. The van der Waals surface area contributed by atoms with Gasteiger partial charge >= 0.3 is 0 Å². The monoisotopic (exact) mass is 528 g/mol. The Hall–Kier alpha value is -3.41. The zero-order valence-corrected chi connectivity index (χ0v) is 22.5. The van der Waals surface area contributed by atoms with Crippen molar-refractivity contribution < 1.29 is 22.6 Å². The Labute approximate surface area is 214 Å². The number of hydrogen-bond acceptors (Lipinski definition) is 9. The van der Waals surface area contributed by atoms with Crippen LogP contribution < -0.4 is 24.2 Å². The minimum Gasteiger partial charge on any atom is -0.493 e. The van der Waals surface area contributed by atoms with E-state index < -0.39 is 15.6 Å². The number of fused-ring (bicyclic) bond motifs is 1. The van der Waals surface area contributed by atoms with Crippen molar-refractivity contribution in [3.8, 4) is 28.4 Å². The van der Waals surface area contributed by atoms with E-state index in [2.05, 4.69) is 15.0 Å². The molecule has 11 heteroatoms. The van der Waals surface area contributed by atoms with Crippen LogP contribution in [0, 0.1) is 0 Å². The number of aromatic nitrogens is 2. The summed E-state index contributed by atoms with van der Waals surface area (Å²) >= 11 is 1.49. The fourth-order valence-corrected chi connectivity index (χ4v) is 6.01. The molecule has 0 spiro atoms. The normalized spacial score (nSPS) is 11.9. The molecule has 2 N–H and O–H groups in total. The van der Waals surface area contributed by atoms with Crippen molar-refractivity contribution >= 4 is 43.2 Å². The molecule has 0 aliphatic rings. The highest BCUT2D eigenvalue weighted by molar-refractivity contribution is 7.89. The number of sulfonamides is 1. The summed E-state index contributed by atoms with van der Waals surface area (Å²) in [4.78, 5) is 9.34. The number of thiophene rings is 1. The summed E-state index contributed by atoms with van der Waals surface area (Å²) in [6, 6.07) is 10.4. The molecule has 0 bridgehead atoms. The van der Waals surface area contributed by atoms with Gasteiger partial charge in [-0.2, -0.15) is 0 Å². The van der Waals surface area contributed by atoms with Gasteiger partial charge in [-0.05, 0) is 38.5 Å². The maximum absolute atomic E-state index is 12.9. The molecular formula is C25H28N4O5S2. The van der Waals surface area contributed by atoms with Crippen molar-refractivity contribution in [2.24, 2.45) is 0 Å². The quantitative estimate of drug-likeness (QED) is 0.321. The van der Waals surface area contributed by atoms with Crippen LogP contribution in [-0.2, 0) is 10.0 Å². The molecule has 0 saturated heterocycles. The summed E-state index contributed by atoms with van der Waals surface area (Å²) < 4.78 is 45.5. The molecule has 4 aromatic rings. The number of methoxy groups -OCH3 is 3. The molecule has 0 unspecified atom stereocenters. The number of rotatable bonds is 8. The summed E-state index contributed by atoms with van der Waals surface area (Å²) in [5, 5.41) is 5.14. The van der Waals surface area contributed by atoms with Gasteiger partial charge in [0.2, 0.25) is 21.7 Å². The fourth-order valence-electron chi connectivity index (χ4n) is 3.67. The van der Waals surface area contributed by atoms with Crippen molar-refractivity contribution in [3.63, 3.8) is 0 Å². The average Bonchev–Trinajstić information content (AvgIpc) is 3.25. The number of hydrogen-bond donors (Lipinski definition) is 2. The third-order valence-electron chi connectivity index (χ3n) is 5.13.